The number of likely N-dealkylation sites (N-methyl/N-ethyl adjacent to an activating group) is 1. The molecule has 0 unspecified atom stereocenters. The number of rotatable bonds is 9. The summed E-state index contributed by atoms with van der Waals surface area (Å²) in [6.45, 7) is 9.64. The first kappa shape index (κ1) is 25.5. The van der Waals surface area contributed by atoms with E-state index in [0.29, 0.717) is 17.2 Å². The van der Waals surface area contributed by atoms with Crippen LogP contribution in [0.4, 0.5) is 5.13 Å². The van der Waals surface area contributed by atoms with Crippen LogP contribution in [0.25, 0.3) is 10.2 Å². The van der Waals surface area contributed by atoms with Crippen molar-refractivity contribution in [3.8, 4) is 5.75 Å². The highest BCUT2D eigenvalue weighted by molar-refractivity contribution is 7.98. The molecule has 0 radical (unpaired) electrons. The van der Waals surface area contributed by atoms with Gasteiger partial charge in [-0.2, -0.15) is 0 Å². The minimum absolute atomic E-state index is 0. The van der Waals surface area contributed by atoms with Crippen LogP contribution in [0.5, 0.6) is 5.75 Å². The van der Waals surface area contributed by atoms with Crippen molar-refractivity contribution in [1.82, 2.24) is 9.88 Å². The molecule has 3 rings (SSSR count). The summed E-state index contributed by atoms with van der Waals surface area (Å²) in [5.74, 6) is 0.715. The minimum atomic E-state index is -0.0197. The fourth-order valence-electron chi connectivity index (χ4n) is 3.36. The molecule has 8 heteroatoms. The maximum atomic E-state index is 13.6. The monoisotopic (exact) mass is 479 g/mol. The maximum Gasteiger partial charge on any atom is 0.260 e. The number of carbonyl (C=O) groups excluding carboxylic acids is 1. The van der Waals surface area contributed by atoms with Gasteiger partial charge in [0, 0.05) is 23.5 Å². The Morgan fingerprint density at radius 1 is 1.16 bits per heavy atom. The summed E-state index contributed by atoms with van der Waals surface area (Å²) in [5, 5.41) is 0.712. The normalized spacial score (nSPS) is 10.9. The molecule has 0 saturated heterocycles. The molecule has 5 nitrogen and oxygen atoms in total. The summed E-state index contributed by atoms with van der Waals surface area (Å²) in [5.41, 5.74) is 2.63. The number of fused-ring (bicyclic) bond motifs is 1. The van der Waals surface area contributed by atoms with Gasteiger partial charge in [-0.1, -0.05) is 37.3 Å². The zero-order chi connectivity index (χ0) is 21.7. The summed E-state index contributed by atoms with van der Waals surface area (Å²) < 4.78 is 6.57. The Bertz CT molecular complexity index is 1020. The van der Waals surface area contributed by atoms with Gasteiger partial charge in [-0.15, -0.1) is 24.2 Å². The van der Waals surface area contributed by atoms with Crippen molar-refractivity contribution in [3.05, 3.63) is 47.5 Å². The number of hydrogen-bond donors (Lipinski definition) is 0. The molecule has 0 atom stereocenters. The third-order valence-corrected chi connectivity index (χ3v) is 7.18. The second-order valence-electron chi connectivity index (χ2n) is 6.97. The number of benzene rings is 2. The van der Waals surface area contributed by atoms with Crippen LogP contribution in [0.15, 0.2) is 41.3 Å². The van der Waals surface area contributed by atoms with E-state index >= 15 is 0 Å². The largest absolute Gasteiger partial charge is 0.494 e. The molecule has 0 fully saturated rings. The topological polar surface area (TPSA) is 45.7 Å². The van der Waals surface area contributed by atoms with Crippen LogP contribution < -0.4 is 9.64 Å². The lowest BCUT2D eigenvalue weighted by Gasteiger charge is -2.25. The van der Waals surface area contributed by atoms with Gasteiger partial charge in [0.15, 0.2) is 5.13 Å². The van der Waals surface area contributed by atoms with Crippen LogP contribution in [0.2, 0.25) is 0 Å². The third-order valence-electron chi connectivity index (χ3n) is 5.24. The molecule has 31 heavy (non-hydrogen) atoms. The minimum Gasteiger partial charge on any atom is -0.494 e. The van der Waals surface area contributed by atoms with Crippen molar-refractivity contribution in [1.29, 1.82) is 0 Å². The molecule has 1 amide bonds. The number of halogens is 1. The second kappa shape index (κ2) is 11.7. The van der Waals surface area contributed by atoms with Crippen molar-refractivity contribution < 1.29 is 9.53 Å². The Hall–Kier alpha value is -1.80. The van der Waals surface area contributed by atoms with Crippen molar-refractivity contribution in [2.24, 2.45) is 0 Å². The molecule has 0 N–H and O–H groups in total. The summed E-state index contributed by atoms with van der Waals surface area (Å²) in [4.78, 5) is 23.6. The Labute approximate surface area is 199 Å². The number of methoxy groups -OCH3 is 1. The van der Waals surface area contributed by atoms with Gasteiger partial charge in [0.05, 0.1) is 11.8 Å². The fourth-order valence-corrected chi connectivity index (χ4v) is 4.89. The average Bonchev–Trinajstić information content (AvgIpc) is 3.23. The molecule has 3 aromatic rings. The number of aryl methyl sites for hydroxylation is 1. The molecule has 0 aliphatic rings. The van der Waals surface area contributed by atoms with Crippen LogP contribution >= 0.6 is 35.5 Å². The summed E-state index contributed by atoms with van der Waals surface area (Å²) in [6, 6.07) is 11.8. The standard InChI is InChI=1S/C23H29N3O2S2.ClH/c1-6-25(7-2)13-14-26(22(27)17-9-8-10-18(15-17)29-5)23-24-20-19(28-4)12-11-16(3)21(20)30-23;/h8-12,15H,6-7,13-14H2,1-5H3;1H. The molecule has 0 saturated carbocycles. The highest BCUT2D eigenvalue weighted by Crippen LogP contribution is 2.37. The first-order valence-electron chi connectivity index (χ1n) is 10.1. The predicted octanol–water partition coefficient (Wildman–Crippen LogP) is 5.75. The van der Waals surface area contributed by atoms with Crippen LogP contribution in [-0.4, -0.2) is 55.3 Å². The van der Waals surface area contributed by atoms with E-state index in [1.54, 1.807) is 30.2 Å². The van der Waals surface area contributed by atoms with Crippen LogP contribution in [-0.2, 0) is 0 Å². The lowest BCUT2D eigenvalue weighted by molar-refractivity contribution is 0.0983. The van der Waals surface area contributed by atoms with Gasteiger partial charge in [0.1, 0.15) is 11.3 Å². The van der Waals surface area contributed by atoms with E-state index in [0.717, 1.165) is 46.1 Å². The Morgan fingerprint density at radius 2 is 1.90 bits per heavy atom. The first-order chi connectivity index (χ1) is 14.5. The summed E-state index contributed by atoms with van der Waals surface area (Å²) in [7, 11) is 1.65. The Morgan fingerprint density at radius 3 is 2.55 bits per heavy atom. The van der Waals surface area contributed by atoms with Crippen molar-refractivity contribution in [2.75, 3.05) is 44.4 Å². The fraction of sp³-hybridized carbons (Fsp3) is 0.391. The maximum absolute atomic E-state index is 13.6. The predicted molar refractivity (Wildman–Crippen MR) is 136 cm³/mol. The Kier molecular flexibility index (Phi) is 9.62. The van der Waals surface area contributed by atoms with Gasteiger partial charge < -0.3 is 9.64 Å². The molecule has 1 heterocycles. The summed E-state index contributed by atoms with van der Waals surface area (Å²) >= 11 is 3.19. The molecule has 0 bridgehead atoms. The molecule has 168 valence electrons. The van der Waals surface area contributed by atoms with Crippen molar-refractivity contribution in [2.45, 2.75) is 25.7 Å². The van der Waals surface area contributed by atoms with Crippen LogP contribution in [0.3, 0.4) is 0 Å². The number of thiazole rings is 1. The number of amides is 1. The van der Waals surface area contributed by atoms with E-state index in [2.05, 4.69) is 25.7 Å². The number of aromatic nitrogens is 1. The van der Waals surface area contributed by atoms with Crippen molar-refractivity contribution >= 4 is 56.8 Å². The molecule has 2 aromatic carbocycles. The highest BCUT2D eigenvalue weighted by Gasteiger charge is 2.23. The van der Waals surface area contributed by atoms with Gasteiger partial charge in [-0.3, -0.25) is 9.69 Å². The molecule has 1 aromatic heterocycles. The van der Waals surface area contributed by atoms with E-state index < -0.39 is 0 Å². The zero-order valence-corrected chi connectivity index (χ0v) is 21.1. The quantitative estimate of drug-likeness (QED) is 0.366. The Balaban J connectivity index is 0.00000341. The lowest BCUT2D eigenvalue weighted by Crippen LogP contribution is -2.38. The molecule has 0 aliphatic carbocycles. The first-order valence-corrected chi connectivity index (χ1v) is 12.2. The number of carbonyl (C=O) groups is 1. The highest BCUT2D eigenvalue weighted by atomic mass is 35.5. The zero-order valence-electron chi connectivity index (χ0n) is 18.7. The summed E-state index contributed by atoms with van der Waals surface area (Å²) in [6.07, 6.45) is 2.02. The van der Waals surface area contributed by atoms with Gasteiger partial charge in [-0.05, 0) is 56.1 Å². The van der Waals surface area contributed by atoms with Gasteiger partial charge in [0.2, 0.25) is 0 Å². The number of anilines is 1. The average molecular weight is 480 g/mol. The van der Waals surface area contributed by atoms with E-state index in [1.165, 1.54) is 0 Å². The van der Waals surface area contributed by atoms with Gasteiger partial charge in [-0.25, -0.2) is 4.98 Å². The van der Waals surface area contributed by atoms with E-state index in [4.69, 9.17) is 9.72 Å². The van der Waals surface area contributed by atoms with E-state index in [1.807, 2.05) is 47.6 Å². The van der Waals surface area contributed by atoms with Crippen molar-refractivity contribution in [3.63, 3.8) is 0 Å². The van der Waals surface area contributed by atoms with Crippen LogP contribution in [0.1, 0.15) is 29.8 Å². The SMILES string of the molecule is CCN(CC)CCN(C(=O)c1cccc(SC)c1)c1nc2c(OC)ccc(C)c2s1.Cl. The second-order valence-corrected chi connectivity index (χ2v) is 8.83. The lowest BCUT2D eigenvalue weighted by atomic mass is 10.2. The number of ether oxygens (including phenoxy) is 1. The van der Waals surface area contributed by atoms with E-state index in [-0.39, 0.29) is 18.3 Å². The molecular weight excluding hydrogens is 450 g/mol. The molecular formula is C23H30ClN3O2S2. The van der Waals surface area contributed by atoms with Crippen LogP contribution in [0, 0.1) is 6.92 Å². The number of hydrogen-bond acceptors (Lipinski definition) is 6. The molecule has 0 spiro atoms. The van der Waals surface area contributed by atoms with Gasteiger partial charge in [0.25, 0.3) is 5.91 Å². The number of thioether (sulfide) groups is 1. The molecule has 0 aliphatic heterocycles. The van der Waals surface area contributed by atoms with E-state index in [9.17, 15) is 4.79 Å². The van der Waals surface area contributed by atoms with Gasteiger partial charge >= 0.3 is 0 Å². The number of nitrogens with zero attached hydrogens (tertiary/aromatic N) is 3. The third kappa shape index (κ3) is 5.71. The smallest absolute Gasteiger partial charge is 0.260 e.